The molecule has 0 spiro atoms. The van der Waals surface area contributed by atoms with Gasteiger partial charge in [0.05, 0.1) is 18.8 Å². The Hall–Kier alpha value is -0.120. The van der Waals surface area contributed by atoms with E-state index in [2.05, 4.69) is 12.2 Å². The summed E-state index contributed by atoms with van der Waals surface area (Å²) in [5, 5.41) is 12.9. The van der Waals surface area contributed by atoms with Crippen molar-refractivity contribution in [3.8, 4) is 0 Å². The maximum atomic E-state index is 9.33. The first-order valence-electron chi connectivity index (χ1n) is 5.22. The summed E-state index contributed by atoms with van der Waals surface area (Å²) < 4.78 is 5.33. The molecule has 0 bridgehead atoms. The van der Waals surface area contributed by atoms with E-state index < -0.39 is 0 Å². The van der Waals surface area contributed by atoms with Gasteiger partial charge in [0, 0.05) is 12.6 Å². The zero-order valence-electron chi connectivity index (χ0n) is 8.25. The molecule has 2 aliphatic rings. The second-order valence-corrected chi connectivity index (χ2v) is 4.55. The standard InChI is InChI=1S/C10H19NO2/c1-8-2-3-9(8)11-10(6-12)4-5-13-7-10/h8-9,11-12H,2-7H2,1H3. The van der Waals surface area contributed by atoms with Crippen molar-refractivity contribution in [3.63, 3.8) is 0 Å². The molecule has 13 heavy (non-hydrogen) atoms. The lowest BCUT2D eigenvalue weighted by Gasteiger charge is -2.41. The molecule has 2 N–H and O–H groups in total. The molecule has 0 aromatic carbocycles. The highest BCUT2D eigenvalue weighted by Crippen LogP contribution is 2.30. The fraction of sp³-hybridized carbons (Fsp3) is 1.00. The molecule has 0 amide bonds. The molecule has 3 heteroatoms. The Balaban J connectivity index is 1.89. The summed E-state index contributed by atoms with van der Waals surface area (Å²) in [6, 6.07) is 0.605. The summed E-state index contributed by atoms with van der Waals surface area (Å²) in [5.41, 5.74) is -0.126. The van der Waals surface area contributed by atoms with Crippen LogP contribution in [0, 0.1) is 5.92 Å². The first-order valence-corrected chi connectivity index (χ1v) is 5.22. The number of aliphatic hydroxyl groups excluding tert-OH is 1. The zero-order valence-corrected chi connectivity index (χ0v) is 8.25. The van der Waals surface area contributed by atoms with Gasteiger partial charge in [0.25, 0.3) is 0 Å². The van der Waals surface area contributed by atoms with Crippen LogP contribution in [0.15, 0.2) is 0 Å². The Morgan fingerprint density at radius 1 is 1.54 bits per heavy atom. The molecule has 0 aromatic heterocycles. The van der Waals surface area contributed by atoms with Crippen molar-refractivity contribution in [2.45, 2.75) is 37.8 Å². The summed E-state index contributed by atoms with van der Waals surface area (Å²) in [6.45, 7) is 3.93. The summed E-state index contributed by atoms with van der Waals surface area (Å²) >= 11 is 0. The lowest BCUT2D eigenvalue weighted by molar-refractivity contribution is 0.0845. The minimum atomic E-state index is -0.126. The second-order valence-electron chi connectivity index (χ2n) is 4.55. The van der Waals surface area contributed by atoms with Crippen LogP contribution in [0.1, 0.15) is 26.2 Å². The van der Waals surface area contributed by atoms with Crippen LogP contribution >= 0.6 is 0 Å². The molecule has 2 rings (SSSR count). The molecule has 1 saturated heterocycles. The van der Waals surface area contributed by atoms with Crippen molar-refractivity contribution in [1.82, 2.24) is 5.32 Å². The van der Waals surface area contributed by atoms with E-state index in [1.807, 2.05) is 0 Å². The Labute approximate surface area is 79.5 Å². The fourth-order valence-corrected chi connectivity index (χ4v) is 2.17. The van der Waals surface area contributed by atoms with E-state index in [1.54, 1.807) is 0 Å². The molecule has 76 valence electrons. The van der Waals surface area contributed by atoms with Crippen LogP contribution in [0.4, 0.5) is 0 Å². The van der Waals surface area contributed by atoms with E-state index >= 15 is 0 Å². The van der Waals surface area contributed by atoms with Gasteiger partial charge in [-0.05, 0) is 25.2 Å². The minimum absolute atomic E-state index is 0.126. The van der Waals surface area contributed by atoms with Gasteiger partial charge in [0.1, 0.15) is 0 Å². The van der Waals surface area contributed by atoms with Crippen LogP contribution in [0.3, 0.4) is 0 Å². The summed E-state index contributed by atoms with van der Waals surface area (Å²) in [7, 11) is 0. The van der Waals surface area contributed by atoms with Gasteiger partial charge in [0.2, 0.25) is 0 Å². The molecule has 1 aliphatic heterocycles. The van der Waals surface area contributed by atoms with E-state index in [-0.39, 0.29) is 12.1 Å². The molecule has 1 aliphatic carbocycles. The maximum Gasteiger partial charge on any atom is 0.0675 e. The van der Waals surface area contributed by atoms with Gasteiger partial charge in [0.15, 0.2) is 0 Å². The fourth-order valence-electron chi connectivity index (χ4n) is 2.17. The first-order chi connectivity index (χ1) is 6.26. The van der Waals surface area contributed by atoms with Gasteiger partial charge in [-0.3, -0.25) is 0 Å². The number of aliphatic hydroxyl groups is 1. The highest BCUT2D eigenvalue weighted by Gasteiger charge is 2.39. The van der Waals surface area contributed by atoms with E-state index in [1.165, 1.54) is 12.8 Å². The van der Waals surface area contributed by atoms with Crippen LogP contribution in [0.5, 0.6) is 0 Å². The maximum absolute atomic E-state index is 9.33. The van der Waals surface area contributed by atoms with Gasteiger partial charge in [-0.1, -0.05) is 6.92 Å². The molecular weight excluding hydrogens is 166 g/mol. The van der Waals surface area contributed by atoms with Crippen LogP contribution in [-0.2, 0) is 4.74 Å². The van der Waals surface area contributed by atoms with Gasteiger partial charge < -0.3 is 15.2 Å². The predicted octanol–water partition coefficient (Wildman–Crippen LogP) is 0.526. The summed E-state index contributed by atoms with van der Waals surface area (Å²) in [6.07, 6.45) is 3.52. The largest absolute Gasteiger partial charge is 0.394 e. The van der Waals surface area contributed by atoms with Gasteiger partial charge in [-0.15, -0.1) is 0 Å². The number of ether oxygens (including phenoxy) is 1. The first kappa shape index (κ1) is 9.44. The van der Waals surface area contributed by atoms with Gasteiger partial charge >= 0.3 is 0 Å². The predicted molar refractivity (Wildman–Crippen MR) is 50.6 cm³/mol. The van der Waals surface area contributed by atoms with Crippen molar-refractivity contribution in [1.29, 1.82) is 0 Å². The van der Waals surface area contributed by atoms with Crippen LogP contribution < -0.4 is 5.32 Å². The molecule has 0 radical (unpaired) electrons. The Morgan fingerprint density at radius 2 is 2.38 bits per heavy atom. The van der Waals surface area contributed by atoms with Crippen LogP contribution in [0.25, 0.3) is 0 Å². The Morgan fingerprint density at radius 3 is 2.77 bits per heavy atom. The number of rotatable bonds is 3. The molecule has 3 atom stereocenters. The van der Waals surface area contributed by atoms with E-state index in [0.717, 1.165) is 18.9 Å². The normalized spacial score (nSPS) is 44.8. The zero-order chi connectivity index (χ0) is 9.31. The number of nitrogens with one attached hydrogen (secondary N) is 1. The molecule has 3 unspecified atom stereocenters. The SMILES string of the molecule is CC1CCC1NC1(CO)CCOC1. The van der Waals surface area contributed by atoms with Crippen LogP contribution in [0.2, 0.25) is 0 Å². The average molecular weight is 185 g/mol. The molecule has 0 aromatic rings. The van der Waals surface area contributed by atoms with Crippen LogP contribution in [-0.4, -0.2) is 36.5 Å². The topological polar surface area (TPSA) is 41.5 Å². The van der Waals surface area contributed by atoms with Crippen molar-refractivity contribution in [3.05, 3.63) is 0 Å². The molecule has 2 fully saturated rings. The number of hydrogen-bond acceptors (Lipinski definition) is 3. The molecule has 1 saturated carbocycles. The third kappa shape index (κ3) is 1.73. The molecule has 1 heterocycles. The Bertz CT molecular complexity index is 178. The minimum Gasteiger partial charge on any atom is -0.394 e. The highest BCUT2D eigenvalue weighted by molar-refractivity contribution is 4.97. The van der Waals surface area contributed by atoms with E-state index in [4.69, 9.17) is 4.74 Å². The van der Waals surface area contributed by atoms with Crippen molar-refractivity contribution in [2.75, 3.05) is 19.8 Å². The van der Waals surface area contributed by atoms with Crippen molar-refractivity contribution in [2.24, 2.45) is 5.92 Å². The summed E-state index contributed by atoms with van der Waals surface area (Å²) in [4.78, 5) is 0. The van der Waals surface area contributed by atoms with Gasteiger partial charge in [-0.25, -0.2) is 0 Å². The third-order valence-electron chi connectivity index (χ3n) is 3.52. The molecule has 3 nitrogen and oxygen atoms in total. The summed E-state index contributed by atoms with van der Waals surface area (Å²) in [5.74, 6) is 0.768. The lowest BCUT2D eigenvalue weighted by atomic mass is 9.79. The van der Waals surface area contributed by atoms with E-state index in [9.17, 15) is 5.11 Å². The lowest BCUT2D eigenvalue weighted by Crippen LogP contribution is -2.58. The smallest absolute Gasteiger partial charge is 0.0675 e. The quantitative estimate of drug-likeness (QED) is 0.674. The highest BCUT2D eigenvalue weighted by atomic mass is 16.5. The third-order valence-corrected chi connectivity index (χ3v) is 3.52. The monoisotopic (exact) mass is 185 g/mol. The number of hydrogen-bond donors (Lipinski definition) is 2. The second kappa shape index (κ2) is 3.56. The average Bonchev–Trinajstić information content (AvgIpc) is 2.61. The van der Waals surface area contributed by atoms with Crippen molar-refractivity contribution < 1.29 is 9.84 Å². The van der Waals surface area contributed by atoms with E-state index in [0.29, 0.717) is 12.6 Å². The van der Waals surface area contributed by atoms with Crippen molar-refractivity contribution >= 4 is 0 Å². The Kier molecular flexibility index (Phi) is 2.58. The molecular formula is C10H19NO2. The van der Waals surface area contributed by atoms with Gasteiger partial charge in [-0.2, -0.15) is 0 Å².